The van der Waals surface area contributed by atoms with Gasteiger partial charge in [-0.3, -0.25) is 4.79 Å². The maximum absolute atomic E-state index is 11.5. The predicted molar refractivity (Wildman–Crippen MR) is 71.7 cm³/mol. The van der Waals surface area contributed by atoms with E-state index in [2.05, 4.69) is 26.1 Å². The van der Waals surface area contributed by atoms with Crippen LogP contribution < -0.4 is 5.32 Å². The first kappa shape index (κ1) is 14.7. The summed E-state index contributed by atoms with van der Waals surface area (Å²) in [6.45, 7) is 6.49. The van der Waals surface area contributed by atoms with E-state index in [-0.39, 0.29) is 31.1 Å². The summed E-state index contributed by atoms with van der Waals surface area (Å²) in [5.41, 5.74) is 2.07. The third kappa shape index (κ3) is 4.85. The van der Waals surface area contributed by atoms with Gasteiger partial charge in [0.1, 0.15) is 6.61 Å². The molecule has 0 saturated carbocycles. The molecule has 0 aliphatic rings. The molecule has 0 heterocycles. The van der Waals surface area contributed by atoms with Crippen molar-refractivity contribution in [3.05, 3.63) is 29.8 Å². The van der Waals surface area contributed by atoms with Crippen LogP contribution in [-0.4, -0.2) is 30.8 Å². The Bertz CT molecular complexity index is 379. The first-order valence-electron chi connectivity index (χ1n) is 6.02. The van der Waals surface area contributed by atoms with E-state index in [4.69, 9.17) is 9.84 Å². The maximum atomic E-state index is 11.5. The Hall–Kier alpha value is -1.39. The van der Waals surface area contributed by atoms with Crippen molar-refractivity contribution >= 4 is 11.6 Å². The van der Waals surface area contributed by atoms with Gasteiger partial charge in [0.15, 0.2) is 0 Å². The van der Waals surface area contributed by atoms with Gasteiger partial charge < -0.3 is 15.2 Å². The largest absolute Gasteiger partial charge is 0.394 e. The summed E-state index contributed by atoms with van der Waals surface area (Å²) in [5.74, 6) is -0.216. The third-order valence-electron chi connectivity index (χ3n) is 2.50. The fourth-order valence-corrected chi connectivity index (χ4v) is 1.48. The lowest BCUT2D eigenvalue weighted by atomic mass is 9.87. The second-order valence-electron chi connectivity index (χ2n) is 5.15. The van der Waals surface area contributed by atoms with Crippen molar-refractivity contribution in [3.8, 4) is 0 Å². The summed E-state index contributed by atoms with van der Waals surface area (Å²) < 4.78 is 4.93. The molecule has 1 amide bonds. The van der Waals surface area contributed by atoms with Gasteiger partial charge in [0.25, 0.3) is 0 Å². The highest BCUT2D eigenvalue weighted by molar-refractivity contribution is 5.91. The molecule has 1 aromatic rings. The van der Waals surface area contributed by atoms with Gasteiger partial charge in [-0.15, -0.1) is 0 Å². The molecule has 1 aromatic carbocycles. The Morgan fingerprint density at radius 2 is 1.89 bits per heavy atom. The van der Waals surface area contributed by atoms with Crippen LogP contribution in [0, 0.1) is 0 Å². The number of aliphatic hydroxyl groups is 1. The molecule has 0 radical (unpaired) electrons. The molecular formula is C14H21NO3. The molecule has 0 aromatic heterocycles. The summed E-state index contributed by atoms with van der Waals surface area (Å²) >= 11 is 0. The zero-order chi connectivity index (χ0) is 13.6. The van der Waals surface area contributed by atoms with Crippen LogP contribution in [0.4, 0.5) is 5.69 Å². The highest BCUT2D eigenvalue weighted by atomic mass is 16.5. The highest BCUT2D eigenvalue weighted by Gasteiger charge is 2.13. The Labute approximate surface area is 108 Å². The Morgan fingerprint density at radius 1 is 1.28 bits per heavy atom. The van der Waals surface area contributed by atoms with Gasteiger partial charge in [-0.2, -0.15) is 0 Å². The van der Waals surface area contributed by atoms with Crippen LogP contribution in [0.15, 0.2) is 24.3 Å². The highest BCUT2D eigenvalue weighted by Crippen LogP contribution is 2.23. The van der Waals surface area contributed by atoms with Gasteiger partial charge in [-0.25, -0.2) is 0 Å². The zero-order valence-corrected chi connectivity index (χ0v) is 11.2. The average Bonchev–Trinajstić information content (AvgIpc) is 2.29. The summed E-state index contributed by atoms with van der Waals surface area (Å²) in [5, 5.41) is 11.3. The van der Waals surface area contributed by atoms with Gasteiger partial charge in [0, 0.05) is 5.69 Å². The molecule has 18 heavy (non-hydrogen) atoms. The second kappa shape index (κ2) is 6.52. The van der Waals surface area contributed by atoms with Crippen LogP contribution in [0.3, 0.4) is 0 Å². The van der Waals surface area contributed by atoms with Crippen molar-refractivity contribution in [2.45, 2.75) is 26.2 Å². The minimum atomic E-state index is -0.216. The number of benzene rings is 1. The van der Waals surface area contributed by atoms with Crippen molar-refractivity contribution in [1.82, 2.24) is 0 Å². The van der Waals surface area contributed by atoms with Gasteiger partial charge >= 0.3 is 0 Å². The molecule has 100 valence electrons. The van der Waals surface area contributed by atoms with E-state index < -0.39 is 0 Å². The first-order chi connectivity index (χ1) is 8.43. The Kier molecular flexibility index (Phi) is 5.31. The molecule has 0 atom stereocenters. The molecule has 1 rings (SSSR count). The monoisotopic (exact) mass is 251 g/mol. The van der Waals surface area contributed by atoms with Crippen LogP contribution in [0.25, 0.3) is 0 Å². The number of hydrogen-bond acceptors (Lipinski definition) is 3. The molecule has 0 bridgehead atoms. The number of amides is 1. The summed E-state index contributed by atoms with van der Waals surface area (Å²) in [4.78, 5) is 11.5. The van der Waals surface area contributed by atoms with E-state index in [1.54, 1.807) is 0 Å². The van der Waals surface area contributed by atoms with Crippen molar-refractivity contribution in [3.63, 3.8) is 0 Å². The quantitative estimate of drug-likeness (QED) is 0.786. The minimum absolute atomic E-state index is 0.0401. The predicted octanol–water partition coefficient (Wildman–Crippen LogP) is 1.93. The number of ether oxygens (including phenoxy) is 1. The van der Waals surface area contributed by atoms with Crippen LogP contribution >= 0.6 is 0 Å². The number of rotatable bonds is 5. The normalized spacial score (nSPS) is 11.3. The first-order valence-corrected chi connectivity index (χ1v) is 6.02. The number of carbonyl (C=O) groups excluding carboxylic acids is 1. The van der Waals surface area contributed by atoms with E-state index in [1.807, 2.05) is 24.3 Å². The number of carbonyl (C=O) groups is 1. The lowest BCUT2D eigenvalue weighted by molar-refractivity contribution is -0.120. The number of nitrogens with one attached hydrogen (secondary N) is 1. The third-order valence-corrected chi connectivity index (χ3v) is 2.50. The molecular weight excluding hydrogens is 230 g/mol. The molecule has 2 N–H and O–H groups in total. The Morgan fingerprint density at radius 3 is 2.39 bits per heavy atom. The maximum Gasteiger partial charge on any atom is 0.250 e. The molecule has 0 unspecified atom stereocenters. The summed E-state index contributed by atoms with van der Waals surface area (Å²) in [6.07, 6.45) is 0. The lowest BCUT2D eigenvalue weighted by Gasteiger charge is -2.19. The van der Waals surface area contributed by atoms with Crippen LogP contribution in [-0.2, 0) is 14.9 Å². The van der Waals surface area contributed by atoms with E-state index in [1.165, 1.54) is 5.56 Å². The molecule has 0 aliphatic carbocycles. The lowest BCUT2D eigenvalue weighted by Crippen LogP contribution is -2.19. The summed E-state index contributed by atoms with van der Waals surface area (Å²) in [7, 11) is 0. The van der Waals surface area contributed by atoms with Gasteiger partial charge in [-0.1, -0.05) is 32.9 Å². The average molecular weight is 251 g/mol. The summed E-state index contributed by atoms with van der Waals surface area (Å²) in [6, 6.07) is 7.77. The standard InChI is InChI=1S/C14H21NO3/c1-14(2,3)11-4-6-12(7-5-11)15-13(17)10-18-9-8-16/h4-7,16H,8-10H2,1-3H3,(H,15,17). The van der Waals surface area contributed by atoms with Crippen molar-refractivity contribution in [2.24, 2.45) is 0 Å². The van der Waals surface area contributed by atoms with Crippen LogP contribution in [0.1, 0.15) is 26.3 Å². The number of aliphatic hydroxyl groups excluding tert-OH is 1. The van der Waals surface area contributed by atoms with Gasteiger partial charge in [0.2, 0.25) is 5.91 Å². The fourth-order valence-electron chi connectivity index (χ4n) is 1.48. The fraction of sp³-hybridized carbons (Fsp3) is 0.500. The van der Waals surface area contributed by atoms with Gasteiger partial charge in [0.05, 0.1) is 13.2 Å². The smallest absolute Gasteiger partial charge is 0.250 e. The van der Waals surface area contributed by atoms with Crippen molar-refractivity contribution < 1.29 is 14.6 Å². The molecule has 4 heteroatoms. The molecule has 4 nitrogen and oxygen atoms in total. The van der Waals surface area contributed by atoms with E-state index >= 15 is 0 Å². The van der Waals surface area contributed by atoms with E-state index in [0.29, 0.717) is 0 Å². The van der Waals surface area contributed by atoms with Crippen molar-refractivity contribution in [2.75, 3.05) is 25.1 Å². The van der Waals surface area contributed by atoms with Gasteiger partial charge in [-0.05, 0) is 23.1 Å². The molecule has 0 saturated heterocycles. The van der Waals surface area contributed by atoms with Crippen molar-refractivity contribution in [1.29, 1.82) is 0 Å². The SMILES string of the molecule is CC(C)(C)c1ccc(NC(=O)COCCO)cc1. The molecule has 0 fully saturated rings. The van der Waals surface area contributed by atoms with Crippen LogP contribution in [0.2, 0.25) is 0 Å². The van der Waals surface area contributed by atoms with E-state index in [0.717, 1.165) is 5.69 Å². The zero-order valence-electron chi connectivity index (χ0n) is 11.2. The molecule has 0 spiro atoms. The minimum Gasteiger partial charge on any atom is -0.394 e. The molecule has 0 aliphatic heterocycles. The van der Waals surface area contributed by atoms with Crippen LogP contribution in [0.5, 0.6) is 0 Å². The Balaban J connectivity index is 2.51. The second-order valence-corrected chi connectivity index (χ2v) is 5.15. The number of hydrogen-bond donors (Lipinski definition) is 2. The topological polar surface area (TPSA) is 58.6 Å². The van der Waals surface area contributed by atoms with E-state index in [9.17, 15) is 4.79 Å². The number of anilines is 1.